The summed E-state index contributed by atoms with van der Waals surface area (Å²) in [5, 5.41) is 0. The van der Waals surface area contributed by atoms with Crippen LogP contribution < -0.4 is 9.64 Å². The van der Waals surface area contributed by atoms with Crippen LogP contribution in [0.5, 0.6) is 5.75 Å². The van der Waals surface area contributed by atoms with E-state index >= 15 is 0 Å². The van der Waals surface area contributed by atoms with Crippen molar-refractivity contribution in [3.05, 3.63) is 58.7 Å². The van der Waals surface area contributed by atoms with Gasteiger partial charge in [0.1, 0.15) is 5.75 Å². The van der Waals surface area contributed by atoms with Crippen molar-refractivity contribution < 1.29 is 19.0 Å². The lowest BCUT2D eigenvalue weighted by atomic mass is 10.0. The third kappa shape index (κ3) is 3.43. The third-order valence-corrected chi connectivity index (χ3v) is 5.66. The van der Waals surface area contributed by atoms with E-state index in [1.54, 1.807) is 4.90 Å². The molecule has 4 rings (SSSR count). The average Bonchev–Trinajstić information content (AvgIpc) is 3.26. The first-order chi connectivity index (χ1) is 13.9. The predicted molar refractivity (Wildman–Crippen MR) is 112 cm³/mol. The van der Waals surface area contributed by atoms with Crippen LogP contribution in [0.1, 0.15) is 48.4 Å². The van der Waals surface area contributed by atoms with E-state index in [0.717, 1.165) is 29.0 Å². The number of nitrogens with zero attached hydrogens (tertiary/aromatic N) is 1. The number of carbonyl (C=O) groups is 1. The lowest BCUT2D eigenvalue weighted by Gasteiger charge is -2.22. The number of hydrogen-bond donors (Lipinski definition) is 0. The average molecular weight is 395 g/mol. The molecule has 1 fully saturated rings. The van der Waals surface area contributed by atoms with Crippen LogP contribution in [-0.2, 0) is 20.1 Å². The summed E-state index contributed by atoms with van der Waals surface area (Å²) in [4.78, 5) is 15.0. The van der Waals surface area contributed by atoms with E-state index in [4.69, 9.17) is 14.2 Å². The minimum absolute atomic E-state index is 0.127. The molecule has 0 bridgehead atoms. The van der Waals surface area contributed by atoms with Gasteiger partial charge in [0.25, 0.3) is 11.7 Å². The van der Waals surface area contributed by atoms with Crippen molar-refractivity contribution in [3.63, 3.8) is 0 Å². The Balaban J connectivity index is 1.48. The van der Waals surface area contributed by atoms with Crippen molar-refractivity contribution in [2.75, 3.05) is 31.3 Å². The van der Waals surface area contributed by atoms with Crippen molar-refractivity contribution >= 4 is 11.6 Å². The number of ether oxygens (including phenoxy) is 3. The van der Waals surface area contributed by atoms with Crippen molar-refractivity contribution in [2.45, 2.75) is 45.8 Å². The molecule has 1 saturated heterocycles. The minimum atomic E-state index is -1.26. The summed E-state index contributed by atoms with van der Waals surface area (Å²) in [5.74, 6) is -0.0541. The number of rotatable bonds is 6. The fourth-order valence-electron chi connectivity index (χ4n) is 4.23. The van der Waals surface area contributed by atoms with E-state index in [0.29, 0.717) is 32.3 Å². The number of amides is 1. The van der Waals surface area contributed by atoms with Gasteiger partial charge in [-0.2, -0.15) is 0 Å². The number of hydrogen-bond acceptors (Lipinski definition) is 4. The molecule has 0 unspecified atom stereocenters. The van der Waals surface area contributed by atoms with Crippen LogP contribution in [0.4, 0.5) is 5.69 Å². The third-order valence-electron chi connectivity index (χ3n) is 5.66. The SMILES string of the molecule is Cc1ccc(C(C)C)c(OCCCN2C(=O)C3(OCCO3)c3cccc(C)c32)c1. The Morgan fingerprint density at radius 1 is 1.14 bits per heavy atom. The van der Waals surface area contributed by atoms with Gasteiger partial charge in [0.2, 0.25) is 0 Å². The molecule has 29 heavy (non-hydrogen) atoms. The maximum Gasteiger partial charge on any atom is 0.292 e. The lowest BCUT2D eigenvalue weighted by Crippen LogP contribution is -2.41. The first-order valence-electron chi connectivity index (χ1n) is 10.4. The molecule has 1 amide bonds. The van der Waals surface area contributed by atoms with E-state index in [-0.39, 0.29) is 5.91 Å². The topological polar surface area (TPSA) is 48.0 Å². The normalized spacial score (nSPS) is 17.4. The Hall–Kier alpha value is -2.37. The van der Waals surface area contributed by atoms with Gasteiger partial charge in [-0.3, -0.25) is 4.79 Å². The Labute approximate surface area is 172 Å². The zero-order valence-corrected chi connectivity index (χ0v) is 17.7. The number of benzene rings is 2. The summed E-state index contributed by atoms with van der Waals surface area (Å²) in [5.41, 5.74) is 5.18. The smallest absolute Gasteiger partial charge is 0.292 e. The Kier molecular flexibility index (Phi) is 5.36. The van der Waals surface area contributed by atoms with Gasteiger partial charge in [0.05, 0.1) is 25.5 Å². The van der Waals surface area contributed by atoms with Crippen LogP contribution >= 0.6 is 0 Å². The molecule has 5 heteroatoms. The first kappa shape index (κ1) is 19.9. The van der Waals surface area contributed by atoms with E-state index in [2.05, 4.69) is 39.0 Å². The van der Waals surface area contributed by atoms with Crippen molar-refractivity contribution in [1.82, 2.24) is 0 Å². The Bertz CT molecular complexity index is 915. The predicted octanol–water partition coefficient (Wildman–Crippen LogP) is 4.44. The molecule has 1 spiro atoms. The maximum absolute atomic E-state index is 13.2. The molecular formula is C24H29NO4. The highest BCUT2D eigenvalue weighted by molar-refractivity contribution is 6.07. The summed E-state index contributed by atoms with van der Waals surface area (Å²) < 4.78 is 17.7. The molecule has 0 aliphatic carbocycles. The van der Waals surface area contributed by atoms with Crippen LogP contribution in [0.25, 0.3) is 0 Å². The van der Waals surface area contributed by atoms with E-state index in [1.807, 2.05) is 25.1 Å². The van der Waals surface area contributed by atoms with Gasteiger partial charge in [-0.25, -0.2) is 0 Å². The summed E-state index contributed by atoms with van der Waals surface area (Å²) in [6.45, 7) is 10.4. The standard InChI is InChI=1S/C24H29NO4/c1-16(2)19-10-9-17(3)15-21(19)27-12-6-11-25-22-18(4)7-5-8-20(22)24(23(25)26)28-13-14-29-24/h5,7-10,15-16H,6,11-14H2,1-4H3. The second-order valence-corrected chi connectivity index (χ2v) is 8.14. The minimum Gasteiger partial charge on any atom is -0.493 e. The molecule has 0 aromatic heterocycles. The maximum atomic E-state index is 13.2. The quantitative estimate of drug-likeness (QED) is 0.679. The van der Waals surface area contributed by atoms with Gasteiger partial charge in [-0.15, -0.1) is 0 Å². The molecule has 5 nitrogen and oxygen atoms in total. The molecule has 2 aliphatic heterocycles. The number of aryl methyl sites for hydroxylation is 2. The molecule has 2 heterocycles. The molecule has 0 radical (unpaired) electrons. The van der Waals surface area contributed by atoms with Crippen LogP contribution in [0.3, 0.4) is 0 Å². The molecule has 2 aromatic carbocycles. The second-order valence-electron chi connectivity index (χ2n) is 8.14. The molecule has 0 N–H and O–H groups in total. The fourth-order valence-corrected chi connectivity index (χ4v) is 4.23. The van der Waals surface area contributed by atoms with Crippen molar-refractivity contribution in [1.29, 1.82) is 0 Å². The second kappa shape index (κ2) is 7.81. The zero-order valence-electron chi connectivity index (χ0n) is 17.7. The van der Waals surface area contributed by atoms with Gasteiger partial charge < -0.3 is 19.1 Å². The molecule has 154 valence electrons. The number of fused-ring (bicyclic) bond motifs is 2. The van der Waals surface area contributed by atoms with Crippen LogP contribution in [-0.4, -0.2) is 32.3 Å². The zero-order chi connectivity index (χ0) is 20.6. The van der Waals surface area contributed by atoms with Gasteiger partial charge in [0.15, 0.2) is 0 Å². The summed E-state index contributed by atoms with van der Waals surface area (Å²) >= 11 is 0. The highest BCUT2D eigenvalue weighted by Gasteiger charge is 2.56. The molecule has 0 saturated carbocycles. The van der Waals surface area contributed by atoms with Crippen LogP contribution in [0.2, 0.25) is 0 Å². The Morgan fingerprint density at radius 2 is 1.90 bits per heavy atom. The van der Waals surface area contributed by atoms with Gasteiger partial charge in [-0.1, -0.05) is 44.2 Å². The number of para-hydroxylation sites is 1. The highest BCUT2D eigenvalue weighted by atomic mass is 16.7. The van der Waals surface area contributed by atoms with E-state index in [9.17, 15) is 4.79 Å². The number of carbonyl (C=O) groups excluding carboxylic acids is 1. The van der Waals surface area contributed by atoms with Crippen LogP contribution in [0, 0.1) is 13.8 Å². The van der Waals surface area contributed by atoms with Crippen LogP contribution in [0.15, 0.2) is 36.4 Å². The summed E-state index contributed by atoms with van der Waals surface area (Å²) in [7, 11) is 0. The monoisotopic (exact) mass is 395 g/mol. The highest BCUT2D eigenvalue weighted by Crippen LogP contribution is 2.47. The first-order valence-corrected chi connectivity index (χ1v) is 10.4. The Morgan fingerprint density at radius 3 is 2.62 bits per heavy atom. The van der Waals surface area contributed by atoms with Gasteiger partial charge in [0, 0.05) is 12.1 Å². The summed E-state index contributed by atoms with van der Waals surface area (Å²) in [6.07, 6.45) is 0.723. The number of anilines is 1. The van der Waals surface area contributed by atoms with Gasteiger partial charge in [-0.05, 0) is 48.9 Å². The van der Waals surface area contributed by atoms with Gasteiger partial charge >= 0.3 is 0 Å². The lowest BCUT2D eigenvalue weighted by molar-refractivity contribution is -0.180. The van der Waals surface area contributed by atoms with E-state index in [1.165, 1.54) is 11.1 Å². The van der Waals surface area contributed by atoms with E-state index < -0.39 is 5.79 Å². The molecule has 2 aromatic rings. The van der Waals surface area contributed by atoms with Crippen molar-refractivity contribution in [2.24, 2.45) is 0 Å². The molecule has 0 atom stereocenters. The molecular weight excluding hydrogens is 366 g/mol. The largest absolute Gasteiger partial charge is 0.493 e. The van der Waals surface area contributed by atoms with Crippen molar-refractivity contribution in [3.8, 4) is 5.75 Å². The molecule has 2 aliphatic rings. The fraction of sp³-hybridized carbons (Fsp3) is 0.458. The summed E-state index contributed by atoms with van der Waals surface area (Å²) in [6, 6.07) is 12.2.